The van der Waals surface area contributed by atoms with Gasteiger partial charge in [-0.15, -0.1) is 0 Å². The Bertz CT molecular complexity index is 868. The first-order valence-electron chi connectivity index (χ1n) is 10.0. The molecule has 4 rings (SSSR count). The van der Waals surface area contributed by atoms with Gasteiger partial charge in [-0.25, -0.2) is 0 Å². The SMILES string of the molecule is CC(NC(=O)CN1CCN(c2ccccc2Cl)CC1)c1ccc2c(c1)OCCO2. The number of nitrogens with zero attached hydrogens (tertiary/aromatic N) is 2. The van der Waals surface area contributed by atoms with Crippen LogP contribution in [0.3, 0.4) is 0 Å². The second-order valence-electron chi connectivity index (χ2n) is 7.41. The molecule has 7 heteroatoms. The zero-order chi connectivity index (χ0) is 20.2. The number of nitrogens with one attached hydrogen (secondary N) is 1. The maximum absolute atomic E-state index is 12.5. The molecule has 1 N–H and O–H groups in total. The number of halogens is 1. The molecule has 154 valence electrons. The molecule has 1 saturated heterocycles. The summed E-state index contributed by atoms with van der Waals surface area (Å²) in [5.74, 6) is 1.53. The highest BCUT2D eigenvalue weighted by Gasteiger charge is 2.21. The molecule has 0 spiro atoms. The number of hydrogen-bond acceptors (Lipinski definition) is 5. The number of hydrogen-bond donors (Lipinski definition) is 1. The fraction of sp³-hybridized carbons (Fsp3) is 0.409. The number of piperazine rings is 1. The molecule has 6 nitrogen and oxygen atoms in total. The standard InChI is InChI=1S/C22H26ClN3O3/c1-16(17-6-7-20-21(14-17)29-13-12-28-20)24-22(27)15-25-8-10-26(11-9-25)19-5-3-2-4-18(19)23/h2-7,14,16H,8-13,15H2,1H3,(H,24,27). The molecule has 2 aromatic rings. The summed E-state index contributed by atoms with van der Waals surface area (Å²) in [5, 5.41) is 3.86. The molecule has 0 aliphatic carbocycles. The van der Waals surface area contributed by atoms with E-state index < -0.39 is 0 Å². The van der Waals surface area contributed by atoms with E-state index in [-0.39, 0.29) is 11.9 Å². The molecular formula is C22H26ClN3O3. The second-order valence-corrected chi connectivity index (χ2v) is 7.81. The highest BCUT2D eigenvalue weighted by Crippen LogP contribution is 2.32. The Morgan fingerprint density at radius 3 is 2.55 bits per heavy atom. The highest BCUT2D eigenvalue weighted by atomic mass is 35.5. The van der Waals surface area contributed by atoms with Gasteiger partial charge in [0.25, 0.3) is 0 Å². The molecule has 1 amide bonds. The van der Waals surface area contributed by atoms with E-state index in [1.165, 1.54) is 0 Å². The predicted molar refractivity (Wildman–Crippen MR) is 114 cm³/mol. The predicted octanol–water partition coefficient (Wildman–Crippen LogP) is 3.11. The summed E-state index contributed by atoms with van der Waals surface area (Å²) in [6.07, 6.45) is 0. The molecule has 0 saturated carbocycles. The van der Waals surface area contributed by atoms with Crippen LogP contribution in [-0.4, -0.2) is 56.7 Å². The third-order valence-electron chi connectivity index (χ3n) is 5.38. The average Bonchev–Trinajstić information content (AvgIpc) is 2.74. The molecule has 1 atom stereocenters. The van der Waals surface area contributed by atoms with Crippen molar-refractivity contribution in [1.29, 1.82) is 0 Å². The van der Waals surface area contributed by atoms with Crippen molar-refractivity contribution in [3.63, 3.8) is 0 Å². The van der Waals surface area contributed by atoms with Gasteiger partial charge >= 0.3 is 0 Å². The molecular weight excluding hydrogens is 390 g/mol. The number of amides is 1. The Hall–Kier alpha value is -2.44. The van der Waals surface area contributed by atoms with Crippen LogP contribution in [-0.2, 0) is 4.79 Å². The number of ether oxygens (including phenoxy) is 2. The number of fused-ring (bicyclic) bond motifs is 1. The Morgan fingerprint density at radius 1 is 1.07 bits per heavy atom. The topological polar surface area (TPSA) is 54.0 Å². The number of carbonyl (C=O) groups excluding carboxylic acids is 1. The lowest BCUT2D eigenvalue weighted by molar-refractivity contribution is -0.123. The van der Waals surface area contributed by atoms with Crippen LogP contribution in [0.2, 0.25) is 5.02 Å². The van der Waals surface area contributed by atoms with Crippen molar-refractivity contribution in [2.75, 3.05) is 50.8 Å². The number of carbonyl (C=O) groups is 1. The van der Waals surface area contributed by atoms with E-state index in [0.717, 1.165) is 54.0 Å². The maximum Gasteiger partial charge on any atom is 0.234 e. The third-order valence-corrected chi connectivity index (χ3v) is 5.70. The van der Waals surface area contributed by atoms with E-state index in [1.807, 2.05) is 49.4 Å². The zero-order valence-corrected chi connectivity index (χ0v) is 17.3. The molecule has 1 fully saturated rings. The average molecular weight is 416 g/mol. The quantitative estimate of drug-likeness (QED) is 0.813. The minimum atomic E-state index is -0.0947. The third kappa shape index (κ3) is 4.77. The van der Waals surface area contributed by atoms with Gasteiger partial charge in [0.2, 0.25) is 5.91 Å². The van der Waals surface area contributed by atoms with Crippen molar-refractivity contribution >= 4 is 23.2 Å². The monoisotopic (exact) mass is 415 g/mol. The van der Waals surface area contributed by atoms with Crippen molar-refractivity contribution in [2.45, 2.75) is 13.0 Å². The smallest absolute Gasteiger partial charge is 0.234 e. The summed E-state index contributed by atoms with van der Waals surface area (Å²) in [5.41, 5.74) is 2.07. The van der Waals surface area contributed by atoms with Gasteiger partial charge in [0.05, 0.1) is 23.3 Å². The van der Waals surface area contributed by atoms with Crippen molar-refractivity contribution in [3.05, 3.63) is 53.1 Å². The van der Waals surface area contributed by atoms with E-state index >= 15 is 0 Å². The van der Waals surface area contributed by atoms with Gasteiger partial charge < -0.3 is 19.7 Å². The Kier molecular flexibility index (Phi) is 6.11. The van der Waals surface area contributed by atoms with E-state index in [9.17, 15) is 4.79 Å². The molecule has 2 heterocycles. The molecule has 0 bridgehead atoms. The largest absolute Gasteiger partial charge is 0.486 e. The van der Waals surface area contributed by atoms with Crippen LogP contribution in [0.1, 0.15) is 18.5 Å². The van der Waals surface area contributed by atoms with Gasteiger partial charge in [0.1, 0.15) is 13.2 Å². The summed E-state index contributed by atoms with van der Waals surface area (Å²) in [6, 6.07) is 13.6. The maximum atomic E-state index is 12.5. The molecule has 0 aromatic heterocycles. The molecule has 2 aliphatic rings. The van der Waals surface area contributed by atoms with Gasteiger partial charge in [-0.2, -0.15) is 0 Å². The summed E-state index contributed by atoms with van der Waals surface area (Å²) in [6.45, 7) is 6.88. The van der Waals surface area contributed by atoms with Gasteiger partial charge in [-0.3, -0.25) is 9.69 Å². The van der Waals surface area contributed by atoms with Crippen molar-refractivity contribution in [3.8, 4) is 11.5 Å². The number of para-hydroxylation sites is 1. The number of rotatable bonds is 5. The van der Waals surface area contributed by atoms with Crippen molar-refractivity contribution in [1.82, 2.24) is 10.2 Å². The van der Waals surface area contributed by atoms with E-state index in [1.54, 1.807) is 0 Å². The lowest BCUT2D eigenvalue weighted by Gasteiger charge is -2.36. The first-order valence-corrected chi connectivity index (χ1v) is 10.4. The van der Waals surface area contributed by atoms with Crippen LogP contribution < -0.4 is 19.7 Å². The Labute approximate surface area is 176 Å². The summed E-state index contributed by atoms with van der Waals surface area (Å²) < 4.78 is 11.2. The first kappa shape index (κ1) is 19.9. The zero-order valence-electron chi connectivity index (χ0n) is 16.6. The highest BCUT2D eigenvalue weighted by molar-refractivity contribution is 6.33. The fourth-order valence-corrected chi connectivity index (χ4v) is 4.01. The summed E-state index contributed by atoms with van der Waals surface area (Å²) >= 11 is 6.30. The van der Waals surface area contributed by atoms with Crippen LogP contribution in [0.5, 0.6) is 11.5 Å². The van der Waals surface area contributed by atoms with Gasteiger partial charge in [0, 0.05) is 26.2 Å². The van der Waals surface area contributed by atoms with Gasteiger partial charge in [-0.1, -0.05) is 29.8 Å². The lowest BCUT2D eigenvalue weighted by Crippen LogP contribution is -2.49. The normalized spacial score (nSPS) is 17.7. The van der Waals surface area contributed by atoms with Crippen LogP contribution in [0, 0.1) is 0 Å². The fourth-order valence-electron chi connectivity index (χ4n) is 3.76. The first-order chi connectivity index (χ1) is 14.1. The lowest BCUT2D eigenvalue weighted by atomic mass is 10.1. The summed E-state index contributed by atoms with van der Waals surface area (Å²) in [4.78, 5) is 17.0. The molecule has 0 radical (unpaired) electrons. The molecule has 2 aliphatic heterocycles. The van der Waals surface area contributed by atoms with Crippen molar-refractivity contribution < 1.29 is 14.3 Å². The second kappa shape index (κ2) is 8.93. The molecule has 29 heavy (non-hydrogen) atoms. The molecule has 1 unspecified atom stereocenters. The Morgan fingerprint density at radius 2 is 1.79 bits per heavy atom. The van der Waals surface area contributed by atoms with Gasteiger partial charge in [-0.05, 0) is 36.8 Å². The van der Waals surface area contributed by atoms with Crippen LogP contribution >= 0.6 is 11.6 Å². The minimum absolute atomic E-state index is 0.0265. The van der Waals surface area contributed by atoms with Gasteiger partial charge in [0.15, 0.2) is 11.5 Å². The van der Waals surface area contributed by atoms with E-state index in [2.05, 4.69) is 15.1 Å². The minimum Gasteiger partial charge on any atom is -0.486 e. The summed E-state index contributed by atoms with van der Waals surface area (Å²) in [7, 11) is 0. The van der Waals surface area contributed by atoms with E-state index in [0.29, 0.717) is 19.8 Å². The van der Waals surface area contributed by atoms with Crippen molar-refractivity contribution in [2.24, 2.45) is 0 Å². The van der Waals surface area contributed by atoms with Crippen LogP contribution in [0.4, 0.5) is 5.69 Å². The Balaban J connectivity index is 1.27. The van der Waals surface area contributed by atoms with E-state index in [4.69, 9.17) is 21.1 Å². The van der Waals surface area contributed by atoms with Crippen LogP contribution in [0.25, 0.3) is 0 Å². The number of benzene rings is 2. The van der Waals surface area contributed by atoms with Crippen LogP contribution in [0.15, 0.2) is 42.5 Å². The number of anilines is 1. The molecule has 2 aromatic carbocycles.